The quantitative estimate of drug-likeness (QED) is 0.758. The van der Waals surface area contributed by atoms with Crippen molar-refractivity contribution in [3.05, 3.63) is 27.8 Å². The molecule has 0 aromatic heterocycles. The number of hydrogen-bond acceptors (Lipinski definition) is 3. The third-order valence-corrected chi connectivity index (χ3v) is 4.01. The molecule has 1 atom stereocenters. The van der Waals surface area contributed by atoms with E-state index in [-0.39, 0.29) is 12.1 Å². The number of hydrogen-bond donors (Lipinski definition) is 1. The zero-order chi connectivity index (χ0) is 15.5. The van der Waals surface area contributed by atoms with Gasteiger partial charge >= 0.3 is 6.09 Å². The van der Waals surface area contributed by atoms with E-state index in [1.165, 1.54) is 3.57 Å². The number of halogens is 1. The molecule has 4 nitrogen and oxygen atoms in total. The van der Waals surface area contributed by atoms with Crippen molar-refractivity contribution in [2.75, 3.05) is 18.4 Å². The van der Waals surface area contributed by atoms with Crippen LogP contribution in [0.3, 0.4) is 0 Å². The summed E-state index contributed by atoms with van der Waals surface area (Å²) in [6.45, 7) is 7.17. The van der Waals surface area contributed by atoms with Gasteiger partial charge in [-0.3, -0.25) is 0 Å². The number of rotatable bonds is 2. The van der Waals surface area contributed by atoms with E-state index in [0.29, 0.717) is 6.54 Å². The molecule has 0 bridgehead atoms. The van der Waals surface area contributed by atoms with Crippen molar-refractivity contribution >= 4 is 34.4 Å². The lowest BCUT2D eigenvalue weighted by Crippen LogP contribution is -2.46. The van der Waals surface area contributed by atoms with Crippen LogP contribution >= 0.6 is 22.6 Å². The van der Waals surface area contributed by atoms with Crippen LogP contribution in [-0.4, -0.2) is 35.7 Å². The molecule has 1 saturated heterocycles. The number of piperidine rings is 1. The molecule has 0 radical (unpaired) electrons. The molecule has 116 valence electrons. The predicted octanol–water partition coefficient (Wildman–Crippen LogP) is 4.10. The van der Waals surface area contributed by atoms with Crippen LogP contribution in [0.25, 0.3) is 0 Å². The van der Waals surface area contributed by atoms with Crippen molar-refractivity contribution in [2.45, 2.75) is 45.3 Å². The number of ether oxygens (including phenoxy) is 1. The van der Waals surface area contributed by atoms with Gasteiger partial charge in [0, 0.05) is 28.4 Å². The minimum atomic E-state index is -0.437. The van der Waals surface area contributed by atoms with E-state index >= 15 is 0 Å². The average molecular weight is 402 g/mol. The minimum Gasteiger partial charge on any atom is -0.444 e. The van der Waals surface area contributed by atoms with Crippen molar-refractivity contribution in [1.82, 2.24) is 4.90 Å². The topological polar surface area (TPSA) is 41.6 Å². The van der Waals surface area contributed by atoms with E-state index in [1.807, 2.05) is 20.8 Å². The lowest BCUT2D eigenvalue weighted by atomic mass is 10.1. The van der Waals surface area contributed by atoms with Crippen LogP contribution in [0.15, 0.2) is 24.3 Å². The van der Waals surface area contributed by atoms with E-state index in [9.17, 15) is 4.79 Å². The highest BCUT2D eigenvalue weighted by atomic mass is 127. The molecule has 1 aliphatic rings. The average Bonchev–Trinajstić information content (AvgIpc) is 2.40. The Hall–Kier alpha value is -0.980. The van der Waals surface area contributed by atoms with Gasteiger partial charge in [0.2, 0.25) is 0 Å². The van der Waals surface area contributed by atoms with E-state index < -0.39 is 5.60 Å². The summed E-state index contributed by atoms with van der Waals surface area (Å²) in [7, 11) is 0. The molecule has 1 unspecified atom stereocenters. The molecule has 0 spiro atoms. The fourth-order valence-corrected chi connectivity index (χ4v) is 2.73. The summed E-state index contributed by atoms with van der Waals surface area (Å²) in [5.41, 5.74) is 0.666. The predicted molar refractivity (Wildman–Crippen MR) is 93.6 cm³/mol. The molecule has 1 amide bonds. The summed E-state index contributed by atoms with van der Waals surface area (Å²) >= 11 is 2.29. The summed E-state index contributed by atoms with van der Waals surface area (Å²) in [4.78, 5) is 13.9. The highest BCUT2D eigenvalue weighted by molar-refractivity contribution is 14.1. The summed E-state index contributed by atoms with van der Waals surface area (Å²) in [5, 5.41) is 3.50. The van der Waals surface area contributed by atoms with Gasteiger partial charge in [-0.2, -0.15) is 0 Å². The minimum absolute atomic E-state index is 0.211. The van der Waals surface area contributed by atoms with Gasteiger partial charge in [-0.15, -0.1) is 0 Å². The first-order valence-corrected chi connectivity index (χ1v) is 8.41. The van der Waals surface area contributed by atoms with Crippen LogP contribution in [0.1, 0.15) is 33.6 Å². The Balaban J connectivity index is 1.91. The molecule has 1 heterocycles. The first-order valence-electron chi connectivity index (χ1n) is 7.33. The second-order valence-electron chi connectivity index (χ2n) is 6.42. The molecule has 5 heteroatoms. The maximum atomic E-state index is 12.1. The molecule has 2 rings (SSSR count). The van der Waals surface area contributed by atoms with Crippen LogP contribution in [0.4, 0.5) is 10.5 Å². The largest absolute Gasteiger partial charge is 0.444 e. The number of carbonyl (C=O) groups is 1. The first-order chi connectivity index (χ1) is 9.83. The van der Waals surface area contributed by atoms with Gasteiger partial charge < -0.3 is 15.0 Å². The fraction of sp³-hybridized carbons (Fsp3) is 0.562. The van der Waals surface area contributed by atoms with Crippen LogP contribution in [0, 0.1) is 3.57 Å². The Morgan fingerprint density at radius 3 is 2.62 bits per heavy atom. The Morgan fingerprint density at radius 1 is 1.33 bits per heavy atom. The molecule has 1 aromatic carbocycles. The van der Waals surface area contributed by atoms with Gasteiger partial charge in [-0.05, 0) is 80.5 Å². The number of likely N-dealkylation sites (tertiary alicyclic amines) is 1. The van der Waals surface area contributed by atoms with Gasteiger partial charge in [-0.1, -0.05) is 0 Å². The van der Waals surface area contributed by atoms with Gasteiger partial charge in [0.05, 0.1) is 0 Å². The molecular weight excluding hydrogens is 379 g/mol. The van der Waals surface area contributed by atoms with Crippen molar-refractivity contribution in [3.63, 3.8) is 0 Å². The van der Waals surface area contributed by atoms with Crippen LogP contribution in [-0.2, 0) is 4.74 Å². The molecule has 0 aliphatic carbocycles. The summed E-state index contributed by atoms with van der Waals surface area (Å²) in [6.07, 6.45) is 1.86. The molecular formula is C16H23IN2O2. The van der Waals surface area contributed by atoms with E-state index in [2.05, 4.69) is 52.2 Å². The third kappa shape index (κ3) is 5.37. The maximum Gasteiger partial charge on any atom is 0.410 e. The molecule has 21 heavy (non-hydrogen) atoms. The Labute approximate surface area is 140 Å². The maximum absolute atomic E-state index is 12.1. The zero-order valence-electron chi connectivity index (χ0n) is 12.9. The Kier molecular flexibility index (Phi) is 5.35. The fourth-order valence-electron chi connectivity index (χ4n) is 2.37. The van der Waals surface area contributed by atoms with Crippen molar-refractivity contribution < 1.29 is 9.53 Å². The number of carbonyl (C=O) groups excluding carboxylic acids is 1. The highest BCUT2D eigenvalue weighted by Crippen LogP contribution is 2.19. The third-order valence-electron chi connectivity index (χ3n) is 3.29. The number of anilines is 1. The van der Waals surface area contributed by atoms with Crippen LogP contribution in [0.5, 0.6) is 0 Å². The van der Waals surface area contributed by atoms with Gasteiger partial charge in [-0.25, -0.2) is 4.79 Å². The second-order valence-corrected chi connectivity index (χ2v) is 7.66. The summed E-state index contributed by atoms with van der Waals surface area (Å²) in [6, 6.07) is 8.60. The number of amides is 1. The van der Waals surface area contributed by atoms with E-state index in [1.54, 1.807) is 4.90 Å². The monoisotopic (exact) mass is 402 g/mol. The van der Waals surface area contributed by atoms with Crippen molar-refractivity contribution in [3.8, 4) is 0 Å². The standard InChI is InChI=1S/C16H23IN2O2/c1-16(2,3)21-15(20)19-10-4-5-14(11-19)18-13-8-6-12(17)7-9-13/h6-9,14,18H,4-5,10-11H2,1-3H3. The van der Waals surface area contributed by atoms with Crippen molar-refractivity contribution in [2.24, 2.45) is 0 Å². The first kappa shape index (κ1) is 16.4. The Morgan fingerprint density at radius 2 is 2.00 bits per heavy atom. The SMILES string of the molecule is CC(C)(C)OC(=O)N1CCCC(Nc2ccc(I)cc2)C1. The zero-order valence-corrected chi connectivity index (χ0v) is 15.0. The van der Waals surface area contributed by atoms with E-state index in [4.69, 9.17) is 4.74 Å². The van der Waals surface area contributed by atoms with Crippen molar-refractivity contribution in [1.29, 1.82) is 0 Å². The molecule has 1 aromatic rings. The van der Waals surface area contributed by atoms with E-state index in [0.717, 1.165) is 25.1 Å². The lowest BCUT2D eigenvalue weighted by Gasteiger charge is -2.34. The second kappa shape index (κ2) is 6.85. The number of benzene rings is 1. The highest BCUT2D eigenvalue weighted by Gasteiger charge is 2.27. The molecule has 0 saturated carbocycles. The number of nitrogens with zero attached hydrogens (tertiary/aromatic N) is 1. The summed E-state index contributed by atoms with van der Waals surface area (Å²) < 4.78 is 6.67. The number of nitrogens with one attached hydrogen (secondary N) is 1. The normalized spacial score (nSPS) is 19.2. The molecule has 1 aliphatic heterocycles. The lowest BCUT2D eigenvalue weighted by molar-refractivity contribution is 0.0206. The van der Waals surface area contributed by atoms with Crippen LogP contribution in [0.2, 0.25) is 0 Å². The van der Waals surface area contributed by atoms with Gasteiger partial charge in [0.25, 0.3) is 0 Å². The Bertz CT molecular complexity index is 482. The van der Waals surface area contributed by atoms with Crippen LogP contribution < -0.4 is 5.32 Å². The van der Waals surface area contributed by atoms with Gasteiger partial charge in [0.1, 0.15) is 5.60 Å². The smallest absolute Gasteiger partial charge is 0.410 e. The van der Waals surface area contributed by atoms with Gasteiger partial charge in [0.15, 0.2) is 0 Å². The molecule has 1 N–H and O–H groups in total. The molecule has 1 fully saturated rings. The summed E-state index contributed by atoms with van der Waals surface area (Å²) in [5.74, 6) is 0.